The quantitative estimate of drug-likeness (QED) is 0.837. The first kappa shape index (κ1) is 12.7. The van der Waals surface area contributed by atoms with Crippen molar-refractivity contribution in [3.8, 4) is 6.07 Å². The van der Waals surface area contributed by atoms with E-state index in [0.717, 1.165) is 31.6 Å². The maximum Gasteiger partial charge on any atom is 0.0991 e. The zero-order chi connectivity index (χ0) is 13.5. The van der Waals surface area contributed by atoms with Crippen LogP contribution in [0.2, 0.25) is 0 Å². The van der Waals surface area contributed by atoms with Gasteiger partial charge in [0.1, 0.15) is 0 Å². The summed E-state index contributed by atoms with van der Waals surface area (Å²) in [7, 11) is 0. The molecule has 1 saturated heterocycles. The molecule has 1 aliphatic carbocycles. The van der Waals surface area contributed by atoms with Crippen molar-refractivity contribution in [3.63, 3.8) is 0 Å². The number of nitrogens with two attached hydrogens (primary N) is 1. The van der Waals surface area contributed by atoms with Crippen LogP contribution in [0.3, 0.4) is 0 Å². The number of nitriles is 1. The zero-order valence-electron chi connectivity index (χ0n) is 11.5. The molecule has 2 N–H and O–H groups in total. The fourth-order valence-electron chi connectivity index (χ4n) is 3.74. The molecule has 2 aliphatic rings. The van der Waals surface area contributed by atoms with Crippen molar-refractivity contribution in [1.29, 1.82) is 5.26 Å². The van der Waals surface area contributed by atoms with Crippen molar-refractivity contribution < 1.29 is 0 Å². The van der Waals surface area contributed by atoms with Crippen LogP contribution in [0.15, 0.2) is 18.2 Å². The summed E-state index contributed by atoms with van der Waals surface area (Å²) >= 11 is 0. The molecule has 0 aromatic heterocycles. The standard InChI is InChI=1S/C16H21N3/c1-2-19-7-5-16(6-8-19)10-13-4-3-12(11-17)9-14(13)15(16)18/h3-4,9,15H,2,5-8,10,18H2,1H3/t15-/m1/s1. The van der Waals surface area contributed by atoms with Crippen LogP contribution < -0.4 is 5.73 Å². The summed E-state index contributed by atoms with van der Waals surface area (Å²) in [6.07, 6.45) is 3.45. The topological polar surface area (TPSA) is 53.0 Å². The SMILES string of the molecule is CCN1CCC2(CC1)Cc1ccc(C#N)cc1[C@H]2N. The fraction of sp³-hybridized carbons (Fsp3) is 0.562. The van der Waals surface area contributed by atoms with E-state index in [9.17, 15) is 0 Å². The number of nitrogens with zero attached hydrogens (tertiary/aromatic N) is 2. The van der Waals surface area contributed by atoms with Crippen molar-refractivity contribution in [2.45, 2.75) is 32.2 Å². The molecule has 1 heterocycles. The summed E-state index contributed by atoms with van der Waals surface area (Å²) in [4.78, 5) is 2.50. The van der Waals surface area contributed by atoms with Gasteiger partial charge in [-0.3, -0.25) is 0 Å². The molecule has 1 aromatic rings. The highest BCUT2D eigenvalue weighted by Gasteiger charge is 2.45. The van der Waals surface area contributed by atoms with Crippen LogP contribution in [-0.4, -0.2) is 24.5 Å². The molecule has 1 atom stereocenters. The molecule has 3 heteroatoms. The summed E-state index contributed by atoms with van der Waals surface area (Å²) in [6.45, 7) is 5.67. The third-order valence-electron chi connectivity index (χ3n) is 5.11. The van der Waals surface area contributed by atoms with E-state index < -0.39 is 0 Å². The zero-order valence-corrected chi connectivity index (χ0v) is 11.5. The van der Waals surface area contributed by atoms with Crippen molar-refractivity contribution in [1.82, 2.24) is 4.90 Å². The summed E-state index contributed by atoms with van der Waals surface area (Å²) in [6, 6.07) is 8.36. The van der Waals surface area contributed by atoms with E-state index >= 15 is 0 Å². The van der Waals surface area contributed by atoms with Crippen molar-refractivity contribution >= 4 is 0 Å². The molecule has 1 aromatic carbocycles. The first-order valence-electron chi connectivity index (χ1n) is 7.19. The number of benzene rings is 1. The Hall–Kier alpha value is -1.37. The molecular formula is C16H21N3. The van der Waals surface area contributed by atoms with Gasteiger partial charge in [-0.2, -0.15) is 5.26 Å². The van der Waals surface area contributed by atoms with Gasteiger partial charge in [0.15, 0.2) is 0 Å². The van der Waals surface area contributed by atoms with E-state index in [1.54, 1.807) is 0 Å². The van der Waals surface area contributed by atoms with E-state index in [2.05, 4.69) is 24.0 Å². The second-order valence-electron chi connectivity index (χ2n) is 5.98. The summed E-state index contributed by atoms with van der Waals surface area (Å²) in [5, 5.41) is 9.03. The van der Waals surface area contributed by atoms with E-state index in [1.807, 2.05) is 12.1 Å². The van der Waals surface area contributed by atoms with Gasteiger partial charge in [0.25, 0.3) is 0 Å². The van der Waals surface area contributed by atoms with Crippen LogP contribution in [0.5, 0.6) is 0 Å². The summed E-state index contributed by atoms with van der Waals surface area (Å²) in [5.74, 6) is 0. The summed E-state index contributed by atoms with van der Waals surface area (Å²) in [5.41, 5.74) is 10.1. The Bertz CT molecular complexity index is 521. The number of piperidine rings is 1. The number of fused-ring (bicyclic) bond motifs is 1. The largest absolute Gasteiger partial charge is 0.323 e. The van der Waals surface area contributed by atoms with Gasteiger partial charge in [-0.1, -0.05) is 13.0 Å². The second kappa shape index (κ2) is 4.63. The van der Waals surface area contributed by atoms with Crippen molar-refractivity contribution in [2.75, 3.05) is 19.6 Å². The predicted molar refractivity (Wildman–Crippen MR) is 75.6 cm³/mol. The molecule has 0 radical (unpaired) electrons. The minimum Gasteiger partial charge on any atom is -0.323 e. The molecule has 19 heavy (non-hydrogen) atoms. The lowest BCUT2D eigenvalue weighted by atomic mass is 9.73. The molecule has 1 aliphatic heterocycles. The van der Waals surface area contributed by atoms with Gasteiger partial charge in [0.2, 0.25) is 0 Å². The molecule has 3 rings (SSSR count). The van der Waals surface area contributed by atoms with Crippen LogP contribution in [-0.2, 0) is 6.42 Å². The average molecular weight is 255 g/mol. The van der Waals surface area contributed by atoms with Crippen molar-refractivity contribution in [3.05, 3.63) is 34.9 Å². The number of rotatable bonds is 1. The third-order valence-corrected chi connectivity index (χ3v) is 5.11. The van der Waals surface area contributed by atoms with Crippen LogP contribution in [0.25, 0.3) is 0 Å². The lowest BCUT2D eigenvalue weighted by Gasteiger charge is -2.42. The Morgan fingerprint density at radius 1 is 1.42 bits per heavy atom. The lowest BCUT2D eigenvalue weighted by molar-refractivity contribution is 0.0930. The maximum atomic E-state index is 9.03. The lowest BCUT2D eigenvalue weighted by Crippen LogP contribution is -2.44. The van der Waals surface area contributed by atoms with Gasteiger partial charge in [-0.05, 0) is 67.6 Å². The van der Waals surface area contributed by atoms with E-state index in [1.165, 1.54) is 24.0 Å². The van der Waals surface area contributed by atoms with Crippen LogP contribution in [0.1, 0.15) is 42.5 Å². The Morgan fingerprint density at radius 2 is 2.16 bits per heavy atom. The normalized spacial score (nSPS) is 25.2. The Labute approximate surface area is 115 Å². The molecule has 100 valence electrons. The minimum absolute atomic E-state index is 0.106. The van der Waals surface area contributed by atoms with E-state index in [4.69, 9.17) is 11.0 Å². The van der Waals surface area contributed by atoms with Gasteiger partial charge < -0.3 is 10.6 Å². The Morgan fingerprint density at radius 3 is 2.79 bits per heavy atom. The molecule has 0 amide bonds. The monoisotopic (exact) mass is 255 g/mol. The smallest absolute Gasteiger partial charge is 0.0991 e. The molecule has 0 unspecified atom stereocenters. The van der Waals surface area contributed by atoms with Crippen LogP contribution in [0.4, 0.5) is 0 Å². The number of likely N-dealkylation sites (tertiary alicyclic amines) is 1. The highest BCUT2D eigenvalue weighted by Crippen LogP contribution is 2.50. The fourth-order valence-corrected chi connectivity index (χ4v) is 3.74. The third kappa shape index (κ3) is 1.96. The molecule has 3 nitrogen and oxygen atoms in total. The molecule has 1 spiro atoms. The second-order valence-corrected chi connectivity index (χ2v) is 5.98. The molecule has 0 saturated carbocycles. The average Bonchev–Trinajstić information content (AvgIpc) is 2.72. The van der Waals surface area contributed by atoms with Gasteiger partial charge in [-0.25, -0.2) is 0 Å². The van der Waals surface area contributed by atoms with Crippen molar-refractivity contribution in [2.24, 2.45) is 11.1 Å². The first-order valence-corrected chi connectivity index (χ1v) is 7.19. The molecule has 1 fully saturated rings. The van der Waals surface area contributed by atoms with Gasteiger partial charge in [0.05, 0.1) is 11.6 Å². The van der Waals surface area contributed by atoms with Crippen LogP contribution in [0, 0.1) is 16.7 Å². The number of hydrogen-bond acceptors (Lipinski definition) is 3. The maximum absolute atomic E-state index is 9.03. The highest BCUT2D eigenvalue weighted by atomic mass is 15.1. The van der Waals surface area contributed by atoms with E-state index in [0.29, 0.717) is 0 Å². The van der Waals surface area contributed by atoms with Gasteiger partial charge in [0, 0.05) is 6.04 Å². The molecule has 0 bridgehead atoms. The minimum atomic E-state index is 0.106. The Kier molecular flexibility index (Phi) is 3.08. The van der Waals surface area contributed by atoms with Gasteiger partial charge in [-0.15, -0.1) is 0 Å². The van der Waals surface area contributed by atoms with E-state index in [-0.39, 0.29) is 11.5 Å². The molecular weight excluding hydrogens is 234 g/mol. The highest BCUT2D eigenvalue weighted by molar-refractivity contribution is 5.44. The predicted octanol–water partition coefficient (Wildman–Crippen LogP) is 2.22. The Balaban J connectivity index is 1.87. The first-order chi connectivity index (χ1) is 9.18. The summed E-state index contributed by atoms with van der Waals surface area (Å²) < 4.78 is 0. The van der Waals surface area contributed by atoms with Gasteiger partial charge >= 0.3 is 0 Å². The number of hydrogen-bond donors (Lipinski definition) is 1. The van der Waals surface area contributed by atoms with Crippen LogP contribution >= 0.6 is 0 Å².